The van der Waals surface area contributed by atoms with Gasteiger partial charge in [-0.1, -0.05) is 12.1 Å². The standard InChI is InChI=1S/C13H15F2N/c14-11-3-1-2-10(12(11)15)13(16)9-5-7-4-8(7)6-9/h1-3,7-9,13H,4-6,16H2. The lowest BCUT2D eigenvalue weighted by Crippen LogP contribution is -2.22. The van der Waals surface area contributed by atoms with Crippen molar-refractivity contribution in [3.05, 3.63) is 35.4 Å². The van der Waals surface area contributed by atoms with Gasteiger partial charge in [0, 0.05) is 11.6 Å². The summed E-state index contributed by atoms with van der Waals surface area (Å²) in [5, 5.41) is 0. The van der Waals surface area contributed by atoms with E-state index in [1.54, 1.807) is 6.07 Å². The fourth-order valence-electron chi connectivity index (χ4n) is 3.09. The van der Waals surface area contributed by atoms with Crippen molar-refractivity contribution in [3.63, 3.8) is 0 Å². The van der Waals surface area contributed by atoms with Crippen molar-refractivity contribution in [1.82, 2.24) is 0 Å². The second kappa shape index (κ2) is 3.52. The van der Waals surface area contributed by atoms with Crippen LogP contribution in [-0.2, 0) is 0 Å². The van der Waals surface area contributed by atoms with E-state index in [1.165, 1.54) is 12.5 Å². The smallest absolute Gasteiger partial charge is 0.163 e. The fourth-order valence-corrected chi connectivity index (χ4v) is 3.09. The highest BCUT2D eigenvalue weighted by atomic mass is 19.2. The average molecular weight is 223 g/mol. The van der Waals surface area contributed by atoms with E-state index in [4.69, 9.17) is 5.73 Å². The molecule has 3 heteroatoms. The largest absolute Gasteiger partial charge is 0.324 e. The Bertz CT molecular complexity index is 408. The SMILES string of the molecule is NC(c1cccc(F)c1F)C1CC2CC2C1. The van der Waals surface area contributed by atoms with Gasteiger partial charge in [0.05, 0.1) is 0 Å². The Balaban J connectivity index is 1.83. The predicted molar refractivity (Wildman–Crippen MR) is 57.6 cm³/mol. The van der Waals surface area contributed by atoms with Crippen LogP contribution in [0.4, 0.5) is 8.78 Å². The van der Waals surface area contributed by atoms with Gasteiger partial charge in [-0.2, -0.15) is 0 Å². The number of nitrogens with two attached hydrogens (primary N) is 1. The fraction of sp³-hybridized carbons (Fsp3) is 0.538. The Morgan fingerprint density at radius 2 is 1.81 bits per heavy atom. The summed E-state index contributed by atoms with van der Waals surface area (Å²) in [4.78, 5) is 0. The molecule has 3 atom stereocenters. The molecular weight excluding hydrogens is 208 g/mol. The van der Waals surface area contributed by atoms with Crippen molar-refractivity contribution in [2.24, 2.45) is 23.5 Å². The van der Waals surface area contributed by atoms with Crippen LogP contribution in [0, 0.1) is 29.4 Å². The Kier molecular flexibility index (Phi) is 2.25. The van der Waals surface area contributed by atoms with Crippen LogP contribution in [0.1, 0.15) is 30.9 Å². The number of hydrogen-bond donors (Lipinski definition) is 1. The van der Waals surface area contributed by atoms with E-state index in [1.807, 2.05) is 0 Å². The molecular formula is C13H15F2N. The highest BCUT2D eigenvalue weighted by Crippen LogP contribution is 2.56. The zero-order valence-corrected chi connectivity index (χ0v) is 9.00. The van der Waals surface area contributed by atoms with E-state index in [-0.39, 0.29) is 6.04 Å². The van der Waals surface area contributed by atoms with Crippen LogP contribution in [0.3, 0.4) is 0 Å². The van der Waals surface area contributed by atoms with Crippen LogP contribution in [0.2, 0.25) is 0 Å². The number of halogens is 2. The van der Waals surface area contributed by atoms with Gasteiger partial charge in [-0.3, -0.25) is 0 Å². The Labute approximate surface area is 93.6 Å². The van der Waals surface area contributed by atoms with Crippen molar-refractivity contribution >= 4 is 0 Å². The number of fused-ring (bicyclic) bond motifs is 1. The Morgan fingerprint density at radius 1 is 1.12 bits per heavy atom. The summed E-state index contributed by atoms with van der Waals surface area (Å²) in [6.07, 6.45) is 3.48. The molecule has 0 aromatic heterocycles. The minimum atomic E-state index is -0.795. The first-order valence-corrected chi connectivity index (χ1v) is 5.86. The zero-order chi connectivity index (χ0) is 11.3. The van der Waals surface area contributed by atoms with Crippen molar-refractivity contribution in [1.29, 1.82) is 0 Å². The van der Waals surface area contributed by atoms with Crippen LogP contribution in [0.25, 0.3) is 0 Å². The minimum Gasteiger partial charge on any atom is -0.324 e. The van der Waals surface area contributed by atoms with E-state index in [9.17, 15) is 8.78 Å². The molecule has 2 aliphatic rings. The highest BCUT2D eigenvalue weighted by molar-refractivity contribution is 5.23. The zero-order valence-electron chi connectivity index (χ0n) is 9.00. The van der Waals surface area contributed by atoms with Gasteiger partial charge in [0.1, 0.15) is 0 Å². The van der Waals surface area contributed by atoms with Crippen LogP contribution >= 0.6 is 0 Å². The van der Waals surface area contributed by atoms with E-state index in [0.717, 1.165) is 30.7 Å². The maximum absolute atomic E-state index is 13.6. The third-order valence-corrected chi connectivity index (χ3v) is 4.13. The molecule has 1 aromatic carbocycles. The molecule has 0 radical (unpaired) electrons. The molecule has 1 nitrogen and oxygen atoms in total. The minimum absolute atomic E-state index is 0.333. The molecule has 0 spiro atoms. The van der Waals surface area contributed by atoms with E-state index in [0.29, 0.717) is 11.5 Å². The number of hydrogen-bond acceptors (Lipinski definition) is 1. The lowest BCUT2D eigenvalue weighted by molar-refractivity contribution is 0.385. The molecule has 0 heterocycles. The summed E-state index contributed by atoms with van der Waals surface area (Å²) in [5.41, 5.74) is 6.39. The monoisotopic (exact) mass is 223 g/mol. The third kappa shape index (κ3) is 1.54. The topological polar surface area (TPSA) is 26.0 Å². The Morgan fingerprint density at radius 3 is 2.50 bits per heavy atom. The van der Waals surface area contributed by atoms with Gasteiger partial charge >= 0.3 is 0 Å². The lowest BCUT2D eigenvalue weighted by atomic mass is 9.89. The summed E-state index contributed by atoms with van der Waals surface area (Å²) in [6, 6.07) is 3.93. The normalized spacial score (nSPS) is 33.6. The molecule has 2 fully saturated rings. The first-order chi connectivity index (χ1) is 7.66. The third-order valence-electron chi connectivity index (χ3n) is 4.13. The predicted octanol–water partition coefficient (Wildman–Crippen LogP) is 3.01. The Hall–Kier alpha value is -0.960. The molecule has 2 N–H and O–H groups in total. The quantitative estimate of drug-likeness (QED) is 0.819. The van der Waals surface area contributed by atoms with E-state index in [2.05, 4.69) is 0 Å². The van der Waals surface area contributed by atoms with Crippen molar-refractivity contribution < 1.29 is 8.78 Å². The van der Waals surface area contributed by atoms with Gasteiger partial charge in [-0.15, -0.1) is 0 Å². The average Bonchev–Trinajstić information content (AvgIpc) is 2.89. The van der Waals surface area contributed by atoms with Gasteiger partial charge in [0.2, 0.25) is 0 Å². The summed E-state index contributed by atoms with van der Waals surface area (Å²) < 4.78 is 26.6. The molecule has 0 saturated heterocycles. The van der Waals surface area contributed by atoms with Crippen molar-refractivity contribution in [2.45, 2.75) is 25.3 Å². The molecule has 16 heavy (non-hydrogen) atoms. The first-order valence-electron chi connectivity index (χ1n) is 5.86. The van der Waals surface area contributed by atoms with Gasteiger partial charge in [-0.05, 0) is 43.1 Å². The van der Waals surface area contributed by atoms with Gasteiger partial charge in [0.15, 0.2) is 11.6 Å². The molecule has 86 valence electrons. The molecule has 1 aromatic rings. The van der Waals surface area contributed by atoms with Gasteiger partial charge in [-0.25, -0.2) is 8.78 Å². The molecule has 2 saturated carbocycles. The summed E-state index contributed by atoms with van der Waals surface area (Å²) in [7, 11) is 0. The lowest BCUT2D eigenvalue weighted by Gasteiger charge is -2.21. The molecule has 2 aliphatic carbocycles. The maximum atomic E-state index is 13.6. The molecule has 0 bridgehead atoms. The first kappa shape index (κ1) is 10.2. The number of rotatable bonds is 2. The summed E-state index contributed by atoms with van der Waals surface area (Å²) in [5.74, 6) is 0.395. The van der Waals surface area contributed by atoms with Gasteiger partial charge < -0.3 is 5.73 Å². The molecule has 3 rings (SSSR count). The number of benzene rings is 1. The van der Waals surface area contributed by atoms with E-state index < -0.39 is 11.6 Å². The maximum Gasteiger partial charge on any atom is 0.163 e. The second-order valence-corrected chi connectivity index (χ2v) is 5.16. The van der Waals surface area contributed by atoms with Crippen LogP contribution < -0.4 is 5.73 Å². The highest BCUT2D eigenvalue weighted by Gasteiger charge is 2.47. The summed E-state index contributed by atoms with van der Waals surface area (Å²) in [6.45, 7) is 0. The van der Waals surface area contributed by atoms with Crippen LogP contribution in [-0.4, -0.2) is 0 Å². The molecule has 0 aliphatic heterocycles. The molecule has 0 amide bonds. The van der Waals surface area contributed by atoms with Gasteiger partial charge in [0.25, 0.3) is 0 Å². The van der Waals surface area contributed by atoms with Crippen LogP contribution in [0.5, 0.6) is 0 Å². The second-order valence-electron chi connectivity index (χ2n) is 5.16. The van der Waals surface area contributed by atoms with Crippen LogP contribution in [0.15, 0.2) is 18.2 Å². The summed E-state index contributed by atoms with van der Waals surface area (Å²) >= 11 is 0. The van der Waals surface area contributed by atoms with Crippen molar-refractivity contribution in [2.75, 3.05) is 0 Å². The van der Waals surface area contributed by atoms with E-state index >= 15 is 0 Å². The van der Waals surface area contributed by atoms with Crippen molar-refractivity contribution in [3.8, 4) is 0 Å². The molecule has 3 unspecified atom stereocenters.